The SMILES string of the molecule is COc1cc(/C(O)=C(\C#N)C(=O)N(C)CC#Cc2cccc(F)c2)cc([N+](=O)[O-])c1O. The molecule has 0 aromatic heterocycles. The van der Waals surface area contributed by atoms with Gasteiger partial charge >= 0.3 is 5.69 Å². The molecule has 0 unspecified atom stereocenters. The van der Waals surface area contributed by atoms with Crippen molar-refractivity contribution in [2.45, 2.75) is 0 Å². The first-order valence-corrected chi connectivity index (χ1v) is 8.58. The van der Waals surface area contributed by atoms with Gasteiger partial charge in [-0.25, -0.2) is 4.39 Å². The first kappa shape index (κ1) is 22.7. The zero-order valence-corrected chi connectivity index (χ0v) is 16.4. The minimum Gasteiger partial charge on any atom is -0.506 e. The number of nitrogens with zero attached hydrogens (tertiary/aromatic N) is 3. The van der Waals surface area contributed by atoms with Crippen molar-refractivity contribution in [3.05, 3.63) is 69.0 Å². The number of rotatable bonds is 5. The number of benzene rings is 2. The Morgan fingerprint density at radius 2 is 2.06 bits per heavy atom. The van der Waals surface area contributed by atoms with E-state index in [1.807, 2.05) is 0 Å². The fraction of sp³-hybridized carbons (Fsp3) is 0.143. The van der Waals surface area contributed by atoms with E-state index in [2.05, 4.69) is 11.8 Å². The van der Waals surface area contributed by atoms with E-state index in [0.717, 1.165) is 24.1 Å². The summed E-state index contributed by atoms with van der Waals surface area (Å²) in [7, 11) is 2.47. The number of aromatic hydroxyl groups is 1. The highest BCUT2D eigenvalue weighted by atomic mass is 19.1. The number of halogens is 1. The summed E-state index contributed by atoms with van der Waals surface area (Å²) in [5, 5.41) is 40.7. The number of methoxy groups -OCH3 is 1. The number of nitro benzene ring substituents is 1. The van der Waals surface area contributed by atoms with Crippen LogP contribution < -0.4 is 4.74 Å². The fourth-order valence-corrected chi connectivity index (χ4v) is 2.46. The molecule has 31 heavy (non-hydrogen) atoms. The number of carbonyl (C=O) groups is 1. The molecule has 0 fully saturated rings. The topological polar surface area (TPSA) is 137 Å². The van der Waals surface area contributed by atoms with E-state index in [9.17, 15) is 34.8 Å². The number of hydrogen-bond donors (Lipinski definition) is 2. The quantitative estimate of drug-likeness (QED) is 0.188. The Morgan fingerprint density at radius 3 is 2.65 bits per heavy atom. The Bertz CT molecular complexity index is 1170. The lowest BCUT2D eigenvalue weighted by molar-refractivity contribution is -0.386. The largest absolute Gasteiger partial charge is 0.506 e. The van der Waals surface area contributed by atoms with Crippen LogP contribution in [0.5, 0.6) is 11.5 Å². The summed E-state index contributed by atoms with van der Waals surface area (Å²) in [4.78, 5) is 23.8. The van der Waals surface area contributed by atoms with Crippen molar-refractivity contribution in [2.24, 2.45) is 0 Å². The molecule has 0 bridgehead atoms. The van der Waals surface area contributed by atoms with Gasteiger partial charge in [-0.3, -0.25) is 14.9 Å². The van der Waals surface area contributed by atoms with Crippen molar-refractivity contribution in [1.29, 1.82) is 5.26 Å². The molecule has 2 rings (SSSR count). The monoisotopic (exact) mass is 425 g/mol. The molecule has 0 aliphatic rings. The molecule has 0 radical (unpaired) electrons. The molecule has 0 aliphatic heterocycles. The maximum absolute atomic E-state index is 13.2. The third-order valence-corrected chi connectivity index (χ3v) is 4.03. The van der Waals surface area contributed by atoms with Gasteiger partial charge in [-0.1, -0.05) is 17.9 Å². The summed E-state index contributed by atoms with van der Waals surface area (Å²) in [6.45, 7) is -0.146. The number of likely N-dealkylation sites (N-methyl/N-ethyl adjacent to an activating group) is 1. The first-order valence-electron chi connectivity index (χ1n) is 8.58. The summed E-state index contributed by atoms with van der Waals surface area (Å²) in [6, 6.07) is 8.95. The van der Waals surface area contributed by atoms with Crippen LogP contribution in [0.3, 0.4) is 0 Å². The van der Waals surface area contributed by atoms with Crippen LogP contribution in [-0.4, -0.2) is 46.6 Å². The lowest BCUT2D eigenvalue weighted by Crippen LogP contribution is -2.28. The summed E-state index contributed by atoms with van der Waals surface area (Å²) >= 11 is 0. The highest BCUT2D eigenvalue weighted by molar-refractivity contribution is 6.03. The Kier molecular flexibility index (Phi) is 7.15. The van der Waals surface area contributed by atoms with Crippen LogP contribution >= 0.6 is 0 Å². The van der Waals surface area contributed by atoms with Crippen LogP contribution in [-0.2, 0) is 4.79 Å². The van der Waals surface area contributed by atoms with E-state index in [4.69, 9.17) is 4.74 Å². The van der Waals surface area contributed by atoms with Gasteiger partial charge in [-0.2, -0.15) is 5.26 Å². The molecule has 2 N–H and O–H groups in total. The molecule has 158 valence electrons. The summed E-state index contributed by atoms with van der Waals surface area (Å²) in [6.07, 6.45) is 0. The summed E-state index contributed by atoms with van der Waals surface area (Å²) < 4.78 is 18.0. The molecule has 0 saturated heterocycles. The molecule has 2 aromatic carbocycles. The standard InChI is InChI=1S/C21H16FN3O6/c1-24(8-4-6-13-5-3-7-15(22)9-13)21(28)16(12-23)19(26)14-10-17(25(29)30)20(27)18(11-14)31-2/h3,5,7,9-11,26-27H,8H2,1-2H3/b19-16-. The van der Waals surface area contributed by atoms with Crippen LogP contribution in [0.4, 0.5) is 10.1 Å². The minimum absolute atomic E-state index is 0.146. The number of nitriles is 1. The van der Waals surface area contributed by atoms with Gasteiger partial charge in [-0.15, -0.1) is 0 Å². The van der Waals surface area contributed by atoms with Gasteiger partial charge in [0.1, 0.15) is 17.6 Å². The molecule has 0 spiro atoms. The second-order valence-corrected chi connectivity index (χ2v) is 6.11. The smallest absolute Gasteiger partial charge is 0.315 e. The predicted octanol–water partition coefficient (Wildman–Crippen LogP) is 2.75. The third kappa shape index (κ3) is 5.28. The number of aliphatic hydroxyl groups excluding tert-OH is 1. The maximum atomic E-state index is 13.2. The minimum atomic E-state index is -0.906. The van der Waals surface area contributed by atoms with E-state index >= 15 is 0 Å². The number of aliphatic hydroxyl groups is 1. The van der Waals surface area contributed by atoms with Gasteiger partial charge in [0.15, 0.2) is 11.3 Å². The van der Waals surface area contributed by atoms with Crippen LogP contribution in [0.15, 0.2) is 42.0 Å². The zero-order valence-electron chi connectivity index (χ0n) is 16.4. The van der Waals surface area contributed by atoms with Crippen molar-refractivity contribution in [1.82, 2.24) is 4.90 Å². The third-order valence-electron chi connectivity index (χ3n) is 4.03. The Labute approximate surface area is 176 Å². The number of carbonyl (C=O) groups excluding carboxylic acids is 1. The highest BCUT2D eigenvalue weighted by Crippen LogP contribution is 2.38. The van der Waals surface area contributed by atoms with E-state index < -0.39 is 39.4 Å². The predicted molar refractivity (Wildman–Crippen MR) is 107 cm³/mol. The average Bonchev–Trinajstić information content (AvgIpc) is 2.73. The van der Waals surface area contributed by atoms with Gasteiger partial charge in [0.25, 0.3) is 5.91 Å². The molecule has 0 saturated carbocycles. The lowest BCUT2D eigenvalue weighted by Gasteiger charge is -2.14. The van der Waals surface area contributed by atoms with Crippen molar-refractivity contribution in [3.8, 4) is 29.4 Å². The molecular formula is C21H16FN3O6. The molecular weight excluding hydrogens is 409 g/mol. The van der Waals surface area contributed by atoms with E-state index in [1.54, 1.807) is 12.1 Å². The molecule has 10 heteroatoms. The number of amides is 1. The van der Waals surface area contributed by atoms with Gasteiger partial charge in [-0.05, 0) is 24.3 Å². The van der Waals surface area contributed by atoms with Crippen LogP contribution in [0.25, 0.3) is 5.76 Å². The number of ether oxygens (including phenoxy) is 1. The maximum Gasteiger partial charge on any atom is 0.315 e. The van der Waals surface area contributed by atoms with Gasteiger partial charge < -0.3 is 19.8 Å². The first-order chi connectivity index (χ1) is 14.7. The average molecular weight is 425 g/mol. The van der Waals surface area contributed by atoms with Crippen LogP contribution in [0.2, 0.25) is 0 Å². The molecule has 0 aliphatic carbocycles. The number of phenolic OH excluding ortho intramolecular Hbond substituents is 1. The fourth-order valence-electron chi connectivity index (χ4n) is 2.46. The van der Waals surface area contributed by atoms with Crippen LogP contribution in [0, 0.1) is 39.1 Å². The van der Waals surface area contributed by atoms with Gasteiger partial charge in [0.2, 0.25) is 5.75 Å². The van der Waals surface area contributed by atoms with Crippen molar-refractivity contribution < 1.29 is 29.1 Å². The number of nitro groups is 1. The van der Waals surface area contributed by atoms with E-state index in [1.165, 1.54) is 25.2 Å². The number of phenols is 1. The Hall–Kier alpha value is -4.57. The number of hydrogen-bond acceptors (Lipinski definition) is 7. The lowest BCUT2D eigenvalue weighted by atomic mass is 10.1. The molecule has 2 aromatic rings. The summed E-state index contributed by atoms with van der Waals surface area (Å²) in [5.41, 5.74) is -1.36. The molecule has 0 heterocycles. The van der Waals surface area contributed by atoms with E-state index in [-0.39, 0.29) is 17.9 Å². The second kappa shape index (κ2) is 9.76. The van der Waals surface area contributed by atoms with Gasteiger partial charge in [0, 0.05) is 24.2 Å². The molecule has 0 atom stereocenters. The molecule has 1 amide bonds. The highest BCUT2D eigenvalue weighted by Gasteiger charge is 2.25. The molecule has 9 nitrogen and oxygen atoms in total. The normalized spacial score (nSPS) is 10.8. The summed E-state index contributed by atoms with van der Waals surface area (Å²) in [5.74, 6) is 2.03. The second-order valence-electron chi connectivity index (χ2n) is 6.11. The van der Waals surface area contributed by atoms with E-state index in [0.29, 0.717) is 5.56 Å². The van der Waals surface area contributed by atoms with Crippen molar-refractivity contribution in [2.75, 3.05) is 20.7 Å². The van der Waals surface area contributed by atoms with Crippen molar-refractivity contribution >= 4 is 17.4 Å². The Morgan fingerprint density at radius 1 is 1.35 bits per heavy atom. The van der Waals surface area contributed by atoms with Crippen LogP contribution in [0.1, 0.15) is 11.1 Å². The van der Waals surface area contributed by atoms with Gasteiger partial charge in [0.05, 0.1) is 18.6 Å². The Balaban J connectivity index is 2.35. The van der Waals surface area contributed by atoms with Crippen molar-refractivity contribution in [3.63, 3.8) is 0 Å². The zero-order chi connectivity index (χ0) is 23.1.